The zero-order chi connectivity index (χ0) is 34.1. The molecule has 1 N–H and O–H groups in total. The van der Waals surface area contributed by atoms with Gasteiger partial charge in [-0.25, -0.2) is 4.79 Å². The van der Waals surface area contributed by atoms with E-state index in [1.807, 2.05) is 97.9 Å². The van der Waals surface area contributed by atoms with Crippen molar-refractivity contribution < 1.29 is 38.3 Å². The molecule has 8 nitrogen and oxygen atoms in total. The maximum atomic E-state index is 13.6. The van der Waals surface area contributed by atoms with Crippen molar-refractivity contribution in [2.45, 2.75) is 57.1 Å². The number of esters is 1. The van der Waals surface area contributed by atoms with Crippen LogP contribution < -0.4 is 4.74 Å². The fourth-order valence-corrected chi connectivity index (χ4v) is 6.47. The monoisotopic (exact) mass is 674 g/mol. The van der Waals surface area contributed by atoms with Gasteiger partial charge < -0.3 is 33.5 Å². The lowest BCUT2D eigenvalue weighted by molar-refractivity contribution is -0.394. The van der Waals surface area contributed by atoms with Gasteiger partial charge in [-0.3, -0.25) is 0 Å². The van der Waals surface area contributed by atoms with Crippen molar-refractivity contribution in [1.82, 2.24) is 0 Å². The first-order valence-corrected chi connectivity index (χ1v) is 16.4. The van der Waals surface area contributed by atoms with Gasteiger partial charge in [0, 0.05) is 23.6 Å². The molecule has 4 aromatic carbocycles. The second-order valence-electron chi connectivity index (χ2n) is 11.8. The van der Waals surface area contributed by atoms with Gasteiger partial charge in [0.2, 0.25) is 5.79 Å². The van der Waals surface area contributed by atoms with Crippen molar-refractivity contribution in [2.24, 2.45) is 5.92 Å². The molecule has 1 heterocycles. The van der Waals surface area contributed by atoms with Gasteiger partial charge in [-0.2, -0.15) is 0 Å². The number of halogens is 1. The number of methoxy groups -OCH3 is 2. The van der Waals surface area contributed by atoms with E-state index in [2.05, 4.69) is 0 Å². The number of carbonyl (C=O) groups excluding carboxylic acids is 1. The largest absolute Gasteiger partial charge is 0.494 e. The summed E-state index contributed by atoms with van der Waals surface area (Å²) in [4.78, 5) is 13.6. The van der Waals surface area contributed by atoms with E-state index >= 15 is 0 Å². The fourth-order valence-electron chi connectivity index (χ4n) is 6.29. The highest BCUT2D eigenvalue weighted by molar-refractivity contribution is 6.31. The lowest BCUT2D eigenvalue weighted by atomic mass is 9.75. The topological polar surface area (TPSA) is 92.7 Å². The maximum Gasteiger partial charge on any atom is 0.341 e. The van der Waals surface area contributed by atoms with Crippen LogP contribution in [0, 0.1) is 5.92 Å². The quantitative estimate of drug-likeness (QED) is 0.145. The van der Waals surface area contributed by atoms with Crippen molar-refractivity contribution in [3.63, 3.8) is 0 Å². The minimum absolute atomic E-state index is 0.203. The zero-order valence-corrected chi connectivity index (χ0v) is 28.5. The molecule has 5 atom stereocenters. The molecule has 0 aliphatic carbocycles. The molecule has 0 radical (unpaired) electrons. The van der Waals surface area contributed by atoms with E-state index in [1.165, 1.54) is 14.2 Å². The SMILES string of the molecule is CCOc1ccc(Cc2cc([C@]3(OC)O[C@@](CO)(C(=O)OC)[C@@H](C)[C@H](OCc4ccccc4)[C@H]3OCc3ccccc3)ccc2Cl)cc1. The van der Waals surface area contributed by atoms with Crippen LogP contribution in [-0.2, 0) is 53.9 Å². The Morgan fingerprint density at radius 2 is 1.48 bits per heavy atom. The molecule has 0 spiro atoms. The van der Waals surface area contributed by atoms with Gasteiger partial charge in [0.25, 0.3) is 0 Å². The summed E-state index contributed by atoms with van der Waals surface area (Å²) >= 11 is 6.78. The molecule has 0 unspecified atom stereocenters. The minimum atomic E-state index is -1.85. The fraction of sp³-hybridized carbons (Fsp3) is 0.359. The molecular weight excluding hydrogens is 632 g/mol. The summed E-state index contributed by atoms with van der Waals surface area (Å²) in [7, 11) is 2.75. The number of aliphatic hydroxyl groups excluding tert-OH is 1. The normalized spacial score (nSPS) is 23.8. The smallest absolute Gasteiger partial charge is 0.341 e. The van der Waals surface area contributed by atoms with E-state index < -0.39 is 42.1 Å². The van der Waals surface area contributed by atoms with Crippen molar-refractivity contribution >= 4 is 17.6 Å². The van der Waals surface area contributed by atoms with Crippen LogP contribution >= 0.6 is 11.6 Å². The van der Waals surface area contributed by atoms with E-state index in [9.17, 15) is 9.90 Å². The van der Waals surface area contributed by atoms with Gasteiger partial charge in [-0.1, -0.05) is 97.4 Å². The second kappa shape index (κ2) is 16.1. The van der Waals surface area contributed by atoms with Crippen molar-refractivity contribution in [3.8, 4) is 5.75 Å². The van der Waals surface area contributed by atoms with E-state index in [0.717, 1.165) is 28.0 Å². The number of carbonyl (C=O) groups is 1. The molecule has 0 amide bonds. The highest BCUT2D eigenvalue weighted by Crippen LogP contribution is 2.49. The molecule has 0 bridgehead atoms. The Hall–Kier alpha value is -3.76. The first-order chi connectivity index (χ1) is 23.3. The second-order valence-corrected chi connectivity index (χ2v) is 12.2. The standard InChI is InChI=1S/C39H43ClO8/c1-5-45-33-19-16-28(17-20-33)22-31-23-32(18-21-34(31)40)39(44-4)36(47-25-30-14-10-7-11-15-30)35(46-24-29-12-8-6-9-13-29)27(2)38(26-41,48-39)37(42)43-3/h6-21,23,27,35-36,41H,5,22,24-26H2,1-4H3/t27-,35-,36+,38+,39-/m0/s1. The Morgan fingerprint density at radius 1 is 0.854 bits per heavy atom. The number of rotatable bonds is 14. The van der Waals surface area contributed by atoms with E-state index in [0.29, 0.717) is 23.6 Å². The van der Waals surface area contributed by atoms with E-state index in [-0.39, 0.29) is 13.2 Å². The summed E-state index contributed by atoms with van der Waals surface area (Å²) in [6, 6.07) is 32.7. The van der Waals surface area contributed by atoms with Crippen molar-refractivity contribution in [2.75, 3.05) is 27.4 Å². The van der Waals surface area contributed by atoms with Crippen LogP contribution in [0.1, 0.15) is 41.7 Å². The molecule has 4 aromatic rings. The molecule has 254 valence electrons. The van der Waals surface area contributed by atoms with Crippen LogP contribution in [0.2, 0.25) is 5.02 Å². The van der Waals surface area contributed by atoms with Crippen LogP contribution in [-0.4, -0.2) is 56.3 Å². The summed E-state index contributed by atoms with van der Waals surface area (Å²) in [5.41, 5.74) is 2.35. The molecule has 1 saturated heterocycles. The van der Waals surface area contributed by atoms with Gasteiger partial charge in [0.1, 0.15) is 11.9 Å². The molecular formula is C39H43ClO8. The van der Waals surface area contributed by atoms with Gasteiger partial charge in [-0.15, -0.1) is 0 Å². The third kappa shape index (κ3) is 7.44. The Balaban J connectivity index is 1.62. The van der Waals surface area contributed by atoms with Gasteiger partial charge in [0.05, 0.1) is 39.6 Å². The number of hydrogen-bond acceptors (Lipinski definition) is 8. The van der Waals surface area contributed by atoms with Gasteiger partial charge >= 0.3 is 5.97 Å². The van der Waals surface area contributed by atoms with Crippen LogP contribution in [0.15, 0.2) is 103 Å². The Labute approximate surface area is 287 Å². The van der Waals surface area contributed by atoms with Gasteiger partial charge in [-0.05, 0) is 59.9 Å². The molecule has 48 heavy (non-hydrogen) atoms. The maximum absolute atomic E-state index is 13.6. The Morgan fingerprint density at radius 3 is 2.04 bits per heavy atom. The number of benzene rings is 4. The summed E-state index contributed by atoms with van der Waals surface area (Å²) in [5, 5.41) is 11.5. The van der Waals surface area contributed by atoms with Crippen LogP contribution in [0.4, 0.5) is 0 Å². The molecule has 1 aliphatic rings. The molecule has 0 aromatic heterocycles. The summed E-state index contributed by atoms with van der Waals surface area (Å²) in [5.74, 6) is -2.43. The van der Waals surface area contributed by atoms with Crippen molar-refractivity contribution in [1.29, 1.82) is 0 Å². The van der Waals surface area contributed by atoms with Gasteiger partial charge in [0.15, 0.2) is 5.60 Å². The summed E-state index contributed by atoms with van der Waals surface area (Å²) in [6.45, 7) is 4.05. The van der Waals surface area contributed by atoms with E-state index in [4.69, 9.17) is 40.0 Å². The summed E-state index contributed by atoms with van der Waals surface area (Å²) in [6.07, 6.45) is -1.22. The van der Waals surface area contributed by atoms with Crippen LogP contribution in [0.25, 0.3) is 0 Å². The average molecular weight is 675 g/mol. The minimum Gasteiger partial charge on any atom is -0.494 e. The molecule has 1 fully saturated rings. The third-order valence-corrected chi connectivity index (χ3v) is 9.31. The molecule has 9 heteroatoms. The highest BCUT2D eigenvalue weighted by Gasteiger charge is 2.65. The highest BCUT2D eigenvalue weighted by atomic mass is 35.5. The third-order valence-electron chi connectivity index (χ3n) is 8.94. The predicted octanol–water partition coefficient (Wildman–Crippen LogP) is 6.87. The average Bonchev–Trinajstić information content (AvgIpc) is 3.13. The van der Waals surface area contributed by atoms with E-state index in [1.54, 1.807) is 19.1 Å². The van der Waals surface area contributed by atoms with Crippen LogP contribution in [0.5, 0.6) is 5.75 Å². The first-order valence-electron chi connectivity index (χ1n) is 16.1. The Kier molecular flexibility index (Phi) is 11.9. The lowest BCUT2D eigenvalue weighted by Crippen LogP contribution is -2.70. The van der Waals surface area contributed by atoms with Crippen molar-refractivity contribution in [3.05, 3.63) is 136 Å². The molecule has 0 saturated carbocycles. The van der Waals surface area contributed by atoms with Crippen LogP contribution in [0.3, 0.4) is 0 Å². The number of hydrogen-bond donors (Lipinski definition) is 1. The Bertz CT molecular complexity index is 1620. The first kappa shape index (κ1) is 35.5. The zero-order valence-electron chi connectivity index (χ0n) is 27.8. The number of aliphatic hydroxyl groups is 1. The predicted molar refractivity (Wildman–Crippen MR) is 183 cm³/mol. The lowest BCUT2D eigenvalue weighted by Gasteiger charge is -2.55. The number of ether oxygens (including phenoxy) is 6. The molecule has 5 rings (SSSR count). The molecule has 1 aliphatic heterocycles. The summed E-state index contributed by atoms with van der Waals surface area (Å²) < 4.78 is 37.3.